The summed E-state index contributed by atoms with van der Waals surface area (Å²) in [6.45, 7) is 0. The zero-order valence-electron chi connectivity index (χ0n) is 15.0. The van der Waals surface area contributed by atoms with Crippen LogP contribution in [-0.2, 0) is 0 Å². The van der Waals surface area contributed by atoms with Gasteiger partial charge in [-0.3, -0.25) is 14.3 Å². The number of nitrogens with zero attached hydrogens (tertiary/aromatic N) is 3. The molecule has 2 aromatic carbocycles. The molecule has 0 aliphatic rings. The molecule has 2 heterocycles. The highest BCUT2D eigenvalue weighted by atomic mass is 127. The third kappa shape index (κ3) is 3.55. The van der Waals surface area contributed by atoms with Gasteiger partial charge in [-0.25, -0.2) is 4.98 Å². The Hall–Kier alpha value is -3.00. The van der Waals surface area contributed by atoms with Crippen molar-refractivity contribution < 1.29 is 4.74 Å². The van der Waals surface area contributed by atoms with E-state index in [1.807, 2.05) is 66.7 Å². The number of methoxy groups -OCH3 is 1. The summed E-state index contributed by atoms with van der Waals surface area (Å²) >= 11 is 2.20. The van der Waals surface area contributed by atoms with E-state index in [0.29, 0.717) is 28.2 Å². The van der Waals surface area contributed by atoms with E-state index in [1.165, 1.54) is 0 Å². The van der Waals surface area contributed by atoms with Gasteiger partial charge in [-0.2, -0.15) is 0 Å². The Bertz CT molecular complexity index is 1230. The lowest BCUT2D eigenvalue weighted by Gasteiger charge is -2.14. The summed E-state index contributed by atoms with van der Waals surface area (Å²) in [5, 5.41) is 0.563. The molecule has 0 aliphatic heterocycles. The van der Waals surface area contributed by atoms with Gasteiger partial charge < -0.3 is 4.74 Å². The number of benzene rings is 2. The highest BCUT2D eigenvalue weighted by Crippen LogP contribution is 2.24. The number of hydrogen-bond acceptors (Lipinski definition) is 4. The second-order valence-corrected chi connectivity index (χ2v) is 7.28. The largest absolute Gasteiger partial charge is 0.495 e. The predicted octanol–water partition coefficient (Wildman–Crippen LogP) is 4.56. The van der Waals surface area contributed by atoms with Gasteiger partial charge in [-0.15, -0.1) is 0 Å². The van der Waals surface area contributed by atoms with Gasteiger partial charge in [-0.05, 0) is 77.2 Å². The minimum atomic E-state index is -0.145. The Labute approximate surface area is 175 Å². The van der Waals surface area contributed by atoms with E-state index in [2.05, 4.69) is 27.6 Å². The summed E-state index contributed by atoms with van der Waals surface area (Å²) in [4.78, 5) is 22.4. The van der Waals surface area contributed by atoms with Gasteiger partial charge in [0.05, 0.1) is 29.4 Å². The summed E-state index contributed by atoms with van der Waals surface area (Å²) in [7, 11) is 1.59. The topological polar surface area (TPSA) is 57.0 Å². The summed E-state index contributed by atoms with van der Waals surface area (Å²) in [6.07, 6.45) is 5.36. The van der Waals surface area contributed by atoms with Crippen LogP contribution in [0.1, 0.15) is 11.5 Å². The van der Waals surface area contributed by atoms with E-state index in [-0.39, 0.29) is 5.56 Å². The molecule has 0 atom stereocenters. The van der Waals surface area contributed by atoms with Gasteiger partial charge in [0.1, 0.15) is 11.6 Å². The maximum absolute atomic E-state index is 13.4. The van der Waals surface area contributed by atoms with Gasteiger partial charge in [0.25, 0.3) is 5.56 Å². The minimum absolute atomic E-state index is 0.145. The first-order valence-corrected chi connectivity index (χ1v) is 9.70. The Kier molecular flexibility index (Phi) is 5.21. The lowest BCUT2D eigenvalue weighted by molar-refractivity contribution is 0.412. The van der Waals surface area contributed by atoms with Crippen molar-refractivity contribution in [1.82, 2.24) is 14.5 Å². The van der Waals surface area contributed by atoms with E-state index < -0.39 is 0 Å². The average molecular weight is 481 g/mol. The quantitative estimate of drug-likeness (QED) is 0.401. The normalized spacial score (nSPS) is 11.2. The fourth-order valence-corrected chi connectivity index (χ4v) is 3.46. The van der Waals surface area contributed by atoms with Crippen molar-refractivity contribution in [2.75, 3.05) is 7.11 Å². The molecule has 28 heavy (non-hydrogen) atoms. The van der Waals surface area contributed by atoms with Crippen LogP contribution in [0.15, 0.2) is 71.7 Å². The van der Waals surface area contributed by atoms with Crippen molar-refractivity contribution in [3.63, 3.8) is 0 Å². The van der Waals surface area contributed by atoms with Crippen molar-refractivity contribution in [1.29, 1.82) is 0 Å². The van der Waals surface area contributed by atoms with Crippen LogP contribution in [0.5, 0.6) is 5.75 Å². The van der Waals surface area contributed by atoms with E-state index in [1.54, 1.807) is 23.9 Å². The molecule has 138 valence electrons. The molecule has 0 aliphatic carbocycles. The van der Waals surface area contributed by atoms with Gasteiger partial charge in [0.2, 0.25) is 0 Å². The molecule has 0 saturated heterocycles. The van der Waals surface area contributed by atoms with Crippen molar-refractivity contribution in [3.8, 4) is 11.4 Å². The zero-order valence-corrected chi connectivity index (χ0v) is 17.2. The van der Waals surface area contributed by atoms with Crippen molar-refractivity contribution in [2.24, 2.45) is 0 Å². The highest BCUT2D eigenvalue weighted by Gasteiger charge is 2.14. The molecule has 5 nitrogen and oxygen atoms in total. The maximum Gasteiger partial charge on any atom is 0.266 e. The molecule has 0 unspecified atom stereocenters. The van der Waals surface area contributed by atoms with Gasteiger partial charge >= 0.3 is 0 Å². The van der Waals surface area contributed by atoms with Crippen molar-refractivity contribution in [3.05, 3.63) is 92.3 Å². The number of fused-ring (bicyclic) bond motifs is 1. The number of hydrogen-bond donors (Lipinski definition) is 0. The standard InChI is InChI=1S/C22H16IN3O2/c1-28-20-8-3-2-7-19(20)26-21(12-10-16-6-4-5-13-24-16)25-18-11-9-15(23)14-17(18)22(26)27/h2-14H,1H3. The SMILES string of the molecule is COc1ccccc1-n1c(C=Cc2ccccn2)nc2ccc(I)cc2c1=O. The van der Waals surface area contributed by atoms with Gasteiger partial charge in [0.15, 0.2) is 0 Å². The number of halogens is 1. The number of pyridine rings is 1. The molecular weight excluding hydrogens is 465 g/mol. The molecule has 4 rings (SSSR count). The van der Waals surface area contributed by atoms with Crippen LogP contribution in [0.25, 0.3) is 28.7 Å². The molecule has 0 fully saturated rings. The second-order valence-electron chi connectivity index (χ2n) is 6.03. The molecule has 2 aromatic heterocycles. The molecule has 0 spiro atoms. The first-order chi connectivity index (χ1) is 13.7. The number of aromatic nitrogens is 3. The van der Waals surface area contributed by atoms with Crippen LogP contribution in [0.3, 0.4) is 0 Å². The number of para-hydroxylation sites is 2. The number of rotatable bonds is 4. The van der Waals surface area contributed by atoms with Crippen LogP contribution in [-0.4, -0.2) is 21.6 Å². The van der Waals surface area contributed by atoms with Crippen LogP contribution >= 0.6 is 22.6 Å². The van der Waals surface area contributed by atoms with Crippen molar-refractivity contribution in [2.45, 2.75) is 0 Å². The molecule has 0 bridgehead atoms. The third-order valence-corrected chi connectivity index (χ3v) is 4.94. The Morgan fingerprint density at radius 1 is 1.04 bits per heavy atom. The summed E-state index contributed by atoms with van der Waals surface area (Å²) < 4.78 is 8.04. The average Bonchev–Trinajstić information content (AvgIpc) is 2.73. The molecule has 0 radical (unpaired) electrons. The summed E-state index contributed by atoms with van der Waals surface area (Å²) in [5.41, 5.74) is 1.93. The van der Waals surface area contributed by atoms with Crippen LogP contribution in [0.2, 0.25) is 0 Å². The van der Waals surface area contributed by atoms with Crippen LogP contribution in [0.4, 0.5) is 0 Å². The van der Waals surface area contributed by atoms with E-state index in [9.17, 15) is 4.79 Å². The van der Waals surface area contributed by atoms with Crippen molar-refractivity contribution >= 4 is 45.6 Å². The number of ether oxygens (including phenoxy) is 1. The first-order valence-electron chi connectivity index (χ1n) is 8.62. The minimum Gasteiger partial charge on any atom is -0.495 e. The fraction of sp³-hybridized carbons (Fsp3) is 0.0455. The summed E-state index contributed by atoms with van der Waals surface area (Å²) in [5.74, 6) is 1.11. The van der Waals surface area contributed by atoms with Gasteiger partial charge in [0, 0.05) is 9.77 Å². The molecular formula is C22H16IN3O2. The lowest BCUT2D eigenvalue weighted by atomic mass is 10.2. The maximum atomic E-state index is 13.4. The van der Waals surface area contributed by atoms with Crippen LogP contribution in [0, 0.1) is 3.57 Å². The predicted molar refractivity (Wildman–Crippen MR) is 120 cm³/mol. The highest BCUT2D eigenvalue weighted by molar-refractivity contribution is 14.1. The van der Waals surface area contributed by atoms with Crippen LogP contribution < -0.4 is 10.3 Å². The Morgan fingerprint density at radius 3 is 2.64 bits per heavy atom. The first kappa shape index (κ1) is 18.4. The van der Waals surface area contributed by atoms with E-state index >= 15 is 0 Å². The third-order valence-electron chi connectivity index (χ3n) is 4.27. The molecule has 6 heteroatoms. The lowest BCUT2D eigenvalue weighted by Crippen LogP contribution is -2.23. The van der Waals surface area contributed by atoms with E-state index in [4.69, 9.17) is 9.72 Å². The molecule has 0 N–H and O–H groups in total. The Morgan fingerprint density at radius 2 is 1.86 bits per heavy atom. The molecule has 4 aromatic rings. The smallest absolute Gasteiger partial charge is 0.266 e. The second kappa shape index (κ2) is 7.93. The monoisotopic (exact) mass is 481 g/mol. The fourth-order valence-electron chi connectivity index (χ4n) is 2.97. The van der Waals surface area contributed by atoms with E-state index in [0.717, 1.165) is 9.26 Å². The summed E-state index contributed by atoms with van der Waals surface area (Å²) in [6, 6.07) is 18.7. The molecule has 0 saturated carbocycles. The zero-order chi connectivity index (χ0) is 19.5. The van der Waals surface area contributed by atoms with Gasteiger partial charge in [-0.1, -0.05) is 18.2 Å². The molecule has 0 amide bonds. The Balaban J connectivity index is 2.01.